The van der Waals surface area contributed by atoms with Crippen LogP contribution in [0.4, 0.5) is 4.39 Å². The Morgan fingerprint density at radius 2 is 2.35 bits per heavy atom. The van der Waals surface area contributed by atoms with Crippen LogP contribution in [0.1, 0.15) is 29.6 Å². The third kappa shape index (κ3) is 4.14. The van der Waals surface area contributed by atoms with Crippen LogP contribution in [0.2, 0.25) is 0 Å². The van der Waals surface area contributed by atoms with Gasteiger partial charge >= 0.3 is 5.97 Å². The zero-order valence-electron chi connectivity index (χ0n) is 10.9. The Bertz CT molecular complexity index is 462. The molecule has 1 aliphatic rings. The van der Waals surface area contributed by atoms with Crippen LogP contribution < -0.4 is 4.74 Å². The number of aromatic nitrogens is 1. The monoisotopic (exact) mass is 285 g/mol. The number of carbonyl (C=O) groups is 1. The summed E-state index contributed by atoms with van der Waals surface area (Å²) in [5, 5.41) is 8.68. The fraction of sp³-hybridized carbons (Fsp3) is 0.538. The second kappa shape index (κ2) is 7.16. The van der Waals surface area contributed by atoms with Crippen LogP contribution in [-0.4, -0.2) is 42.2 Å². The van der Waals surface area contributed by atoms with Crippen LogP contribution >= 0.6 is 0 Å². The minimum absolute atomic E-state index is 0.121. The minimum atomic E-state index is -1.24. The first kappa shape index (κ1) is 14.7. The third-order valence-electron chi connectivity index (χ3n) is 2.82. The Kier molecular flexibility index (Phi) is 5.25. The summed E-state index contributed by atoms with van der Waals surface area (Å²) in [6.07, 6.45) is 3.78. The van der Waals surface area contributed by atoms with Gasteiger partial charge in [0.05, 0.1) is 12.2 Å². The molecule has 20 heavy (non-hydrogen) atoms. The standard InChI is InChI=1S/C13H16FNO5/c14-10-7-9(13(16)17)8-15-12(10)20-6-5-19-11-3-1-2-4-18-11/h7-8,11H,1-6H2,(H,16,17). The molecule has 0 saturated carbocycles. The van der Waals surface area contributed by atoms with Gasteiger partial charge in [-0.2, -0.15) is 0 Å². The number of hydrogen-bond donors (Lipinski definition) is 1. The van der Waals surface area contributed by atoms with Crippen molar-refractivity contribution in [2.45, 2.75) is 25.6 Å². The number of carboxylic acids is 1. The molecule has 0 bridgehead atoms. The normalized spacial score (nSPS) is 18.8. The highest BCUT2D eigenvalue weighted by molar-refractivity contribution is 5.87. The molecular formula is C13H16FNO5. The highest BCUT2D eigenvalue weighted by Crippen LogP contribution is 2.16. The lowest BCUT2D eigenvalue weighted by Crippen LogP contribution is -2.24. The van der Waals surface area contributed by atoms with Crippen molar-refractivity contribution < 1.29 is 28.5 Å². The van der Waals surface area contributed by atoms with Gasteiger partial charge in [-0.05, 0) is 25.3 Å². The van der Waals surface area contributed by atoms with Crippen LogP contribution in [-0.2, 0) is 9.47 Å². The van der Waals surface area contributed by atoms with Crippen molar-refractivity contribution in [3.63, 3.8) is 0 Å². The number of carboxylic acid groups (broad SMARTS) is 1. The smallest absolute Gasteiger partial charge is 0.337 e. The average Bonchev–Trinajstić information content (AvgIpc) is 2.46. The fourth-order valence-electron chi connectivity index (χ4n) is 1.81. The van der Waals surface area contributed by atoms with Crippen LogP contribution in [0.5, 0.6) is 5.88 Å². The van der Waals surface area contributed by atoms with Gasteiger partial charge in [0.25, 0.3) is 0 Å². The summed E-state index contributed by atoms with van der Waals surface area (Å²) < 4.78 is 29.4. The van der Waals surface area contributed by atoms with E-state index in [-0.39, 0.29) is 30.9 Å². The van der Waals surface area contributed by atoms with Crippen molar-refractivity contribution >= 4 is 5.97 Å². The molecule has 1 unspecified atom stereocenters. The summed E-state index contributed by atoms with van der Waals surface area (Å²) in [5.74, 6) is -2.28. The van der Waals surface area contributed by atoms with Gasteiger partial charge in [-0.15, -0.1) is 0 Å². The zero-order valence-corrected chi connectivity index (χ0v) is 10.9. The maximum atomic E-state index is 13.5. The van der Waals surface area contributed by atoms with E-state index in [4.69, 9.17) is 19.3 Å². The fourth-order valence-corrected chi connectivity index (χ4v) is 1.81. The Labute approximate surface area is 115 Å². The molecule has 2 rings (SSSR count). The second-order valence-corrected chi connectivity index (χ2v) is 4.33. The molecule has 1 aromatic rings. The van der Waals surface area contributed by atoms with Gasteiger partial charge in [-0.25, -0.2) is 14.2 Å². The largest absolute Gasteiger partial charge is 0.478 e. The first-order chi connectivity index (χ1) is 9.66. The summed E-state index contributed by atoms with van der Waals surface area (Å²) in [7, 11) is 0. The van der Waals surface area contributed by atoms with Crippen molar-refractivity contribution in [1.29, 1.82) is 0 Å². The summed E-state index contributed by atoms with van der Waals surface area (Å²) in [4.78, 5) is 14.2. The van der Waals surface area contributed by atoms with Crippen LogP contribution in [0.3, 0.4) is 0 Å². The summed E-state index contributed by atoms with van der Waals surface area (Å²) in [6, 6.07) is 0.871. The topological polar surface area (TPSA) is 77.9 Å². The van der Waals surface area contributed by atoms with Crippen LogP contribution in [0.25, 0.3) is 0 Å². The second-order valence-electron chi connectivity index (χ2n) is 4.33. The molecule has 0 amide bonds. The van der Waals surface area contributed by atoms with E-state index < -0.39 is 11.8 Å². The summed E-state index contributed by atoms with van der Waals surface area (Å²) in [5.41, 5.74) is -0.221. The number of pyridine rings is 1. The van der Waals surface area contributed by atoms with Crippen LogP contribution in [0.15, 0.2) is 12.3 Å². The molecule has 1 saturated heterocycles. The molecule has 1 aliphatic heterocycles. The van der Waals surface area contributed by atoms with Crippen molar-refractivity contribution in [3.8, 4) is 5.88 Å². The lowest BCUT2D eigenvalue weighted by Gasteiger charge is -2.22. The van der Waals surface area contributed by atoms with E-state index in [0.29, 0.717) is 6.61 Å². The van der Waals surface area contributed by atoms with Gasteiger partial charge in [0.15, 0.2) is 12.1 Å². The van der Waals surface area contributed by atoms with E-state index in [1.54, 1.807) is 0 Å². The molecule has 1 atom stereocenters. The zero-order chi connectivity index (χ0) is 14.4. The van der Waals surface area contributed by atoms with Gasteiger partial charge in [0.1, 0.15) is 6.61 Å². The average molecular weight is 285 g/mol. The van der Waals surface area contributed by atoms with Gasteiger partial charge in [0.2, 0.25) is 5.88 Å². The number of aromatic carboxylic acids is 1. The Hall–Kier alpha value is -1.73. The van der Waals surface area contributed by atoms with Gasteiger partial charge < -0.3 is 19.3 Å². The maximum absolute atomic E-state index is 13.5. The Morgan fingerprint density at radius 3 is 3.00 bits per heavy atom. The quantitative estimate of drug-likeness (QED) is 0.804. The third-order valence-corrected chi connectivity index (χ3v) is 2.82. The molecule has 0 aliphatic carbocycles. The first-order valence-electron chi connectivity index (χ1n) is 6.41. The highest BCUT2D eigenvalue weighted by atomic mass is 19.1. The first-order valence-corrected chi connectivity index (χ1v) is 6.41. The van der Waals surface area contributed by atoms with Crippen molar-refractivity contribution in [1.82, 2.24) is 4.98 Å². The van der Waals surface area contributed by atoms with Crippen molar-refractivity contribution in [2.75, 3.05) is 19.8 Å². The Balaban J connectivity index is 1.74. The predicted octanol–water partition coefficient (Wildman–Crippen LogP) is 1.84. The molecule has 0 aromatic carbocycles. The molecule has 1 aromatic heterocycles. The van der Waals surface area contributed by atoms with E-state index in [2.05, 4.69) is 4.98 Å². The minimum Gasteiger partial charge on any atom is -0.478 e. The summed E-state index contributed by atoms with van der Waals surface area (Å²) >= 11 is 0. The number of ether oxygens (including phenoxy) is 3. The Morgan fingerprint density at radius 1 is 1.50 bits per heavy atom. The van der Waals surface area contributed by atoms with E-state index in [0.717, 1.165) is 31.5 Å². The molecule has 2 heterocycles. The maximum Gasteiger partial charge on any atom is 0.337 e. The van der Waals surface area contributed by atoms with E-state index in [9.17, 15) is 9.18 Å². The number of rotatable bonds is 6. The van der Waals surface area contributed by atoms with Crippen molar-refractivity contribution in [3.05, 3.63) is 23.6 Å². The molecule has 1 N–H and O–H groups in total. The lowest BCUT2D eigenvalue weighted by atomic mass is 10.2. The van der Waals surface area contributed by atoms with E-state index in [1.165, 1.54) is 0 Å². The van der Waals surface area contributed by atoms with Gasteiger partial charge in [0, 0.05) is 12.8 Å². The van der Waals surface area contributed by atoms with Crippen molar-refractivity contribution in [2.24, 2.45) is 0 Å². The molecule has 0 spiro atoms. The number of hydrogen-bond acceptors (Lipinski definition) is 5. The lowest BCUT2D eigenvalue weighted by molar-refractivity contribution is -0.165. The number of halogens is 1. The highest BCUT2D eigenvalue weighted by Gasteiger charge is 2.14. The molecule has 7 heteroatoms. The van der Waals surface area contributed by atoms with Gasteiger partial charge in [-0.1, -0.05) is 0 Å². The predicted molar refractivity (Wildman–Crippen MR) is 66.2 cm³/mol. The molecule has 110 valence electrons. The molecule has 6 nitrogen and oxygen atoms in total. The molecule has 1 fully saturated rings. The molecule has 0 radical (unpaired) electrons. The van der Waals surface area contributed by atoms with Gasteiger partial charge in [-0.3, -0.25) is 0 Å². The van der Waals surface area contributed by atoms with E-state index in [1.807, 2.05) is 0 Å². The van der Waals surface area contributed by atoms with Crippen LogP contribution in [0, 0.1) is 5.82 Å². The summed E-state index contributed by atoms with van der Waals surface area (Å²) in [6.45, 7) is 1.07. The SMILES string of the molecule is O=C(O)c1cnc(OCCOC2CCCCO2)c(F)c1. The van der Waals surface area contributed by atoms with E-state index >= 15 is 0 Å². The number of nitrogens with zero attached hydrogens (tertiary/aromatic N) is 1. The molecular weight excluding hydrogens is 269 g/mol.